The summed E-state index contributed by atoms with van der Waals surface area (Å²) in [6.45, 7) is 0.0276. The molecule has 0 spiro atoms. The Labute approximate surface area is 106 Å². The van der Waals surface area contributed by atoms with Crippen LogP contribution in [0.15, 0.2) is 16.9 Å². The van der Waals surface area contributed by atoms with Gasteiger partial charge in [0.05, 0.1) is 11.1 Å². The Kier molecular flexibility index (Phi) is 6.51. The molecule has 10 heteroatoms. The van der Waals surface area contributed by atoms with Crippen molar-refractivity contribution in [2.75, 3.05) is 6.54 Å². The lowest BCUT2D eigenvalue weighted by molar-refractivity contribution is -0.414. The SMILES string of the molecule is CCC(N=C/C(=C\N)[N+](=O)[O-])C(=O)NCC(F)(F)F. The number of hydrogen-bond acceptors (Lipinski definition) is 5. The number of carbonyl (C=O) groups is 1. The molecule has 0 aromatic heterocycles. The van der Waals surface area contributed by atoms with Gasteiger partial charge in [0.1, 0.15) is 18.8 Å². The molecule has 0 heterocycles. The first-order chi connectivity index (χ1) is 8.71. The third kappa shape index (κ3) is 7.01. The summed E-state index contributed by atoms with van der Waals surface area (Å²) in [6.07, 6.45) is -3.03. The van der Waals surface area contributed by atoms with Gasteiger partial charge in [-0.15, -0.1) is 0 Å². The molecule has 0 aromatic rings. The van der Waals surface area contributed by atoms with Crippen LogP contribution in [-0.2, 0) is 4.79 Å². The first-order valence-electron chi connectivity index (χ1n) is 5.15. The number of amides is 1. The van der Waals surface area contributed by atoms with Crippen molar-refractivity contribution in [3.05, 3.63) is 22.0 Å². The smallest absolute Gasteiger partial charge is 0.399 e. The molecule has 0 aliphatic carbocycles. The van der Waals surface area contributed by atoms with Crippen LogP contribution >= 0.6 is 0 Å². The Bertz CT molecular complexity index is 393. The highest BCUT2D eigenvalue weighted by Crippen LogP contribution is 2.12. The van der Waals surface area contributed by atoms with E-state index >= 15 is 0 Å². The number of halogens is 3. The lowest BCUT2D eigenvalue weighted by Gasteiger charge is -2.12. The minimum Gasteiger partial charge on any atom is -0.399 e. The fourth-order valence-electron chi connectivity index (χ4n) is 0.981. The van der Waals surface area contributed by atoms with Crippen LogP contribution in [0.1, 0.15) is 13.3 Å². The van der Waals surface area contributed by atoms with Crippen molar-refractivity contribution in [1.29, 1.82) is 0 Å². The average molecular weight is 282 g/mol. The number of aliphatic imine (C=N–C) groups is 1. The van der Waals surface area contributed by atoms with Gasteiger partial charge in [-0.2, -0.15) is 13.2 Å². The summed E-state index contributed by atoms with van der Waals surface area (Å²) in [5.41, 5.74) is 4.40. The molecule has 0 aliphatic rings. The van der Waals surface area contributed by atoms with E-state index < -0.39 is 35.3 Å². The van der Waals surface area contributed by atoms with E-state index in [2.05, 4.69) is 4.99 Å². The summed E-state index contributed by atoms with van der Waals surface area (Å²) in [5, 5.41) is 12.0. The predicted molar refractivity (Wildman–Crippen MR) is 60.9 cm³/mol. The third-order valence-electron chi connectivity index (χ3n) is 1.92. The fraction of sp³-hybridized carbons (Fsp3) is 0.556. The standard InChI is InChI=1S/C9H13F3N4O3/c1-2-7(8(17)15-5-9(10,11)12)14-4-6(3-13)16(18)19/h3-4,7H,2,5,13H2,1H3,(H,15,17)/b6-3+,14-4?. The Hall–Kier alpha value is -2.13. The summed E-state index contributed by atoms with van der Waals surface area (Å²) >= 11 is 0. The van der Waals surface area contributed by atoms with Crippen molar-refractivity contribution in [2.45, 2.75) is 25.6 Å². The van der Waals surface area contributed by atoms with Crippen LogP contribution in [0.25, 0.3) is 0 Å². The Morgan fingerprint density at radius 1 is 1.58 bits per heavy atom. The van der Waals surface area contributed by atoms with Crippen molar-refractivity contribution >= 4 is 12.1 Å². The quantitative estimate of drug-likeness (QED) is 0.422. The first-order valence-corrected chi connectivity index (χ1v) is 5.15. The van der Waals surface area contributed by atoms with Crippen LogP contribution in [0.2, 0.25) is 0 Å². The minimum atomic E-state index is -4.53. The van der Waals surface area contributed by atoms with Crippen molar-refractivity contribution in [2.24, 2.45) is 10.7 Å². The Morgan fingerprint density at radius 3 is 2.53 bits per heavy atom. The van der Waals surface area contributed by atoms with E-state index in [0.717, 1.165) is 6.21 Å². The maximum absolute atomic E-state index is 11.9. The van der Waals surface area contributed by atoms with E-state index in [1.165, 1.54) is 6.92 Å². The summed E-state index contributed by atoms with van der Waals surface area (Å²) in [4.78, 5) is 24.4. The lowest BCUT2D eigenvalue weighted by atomic mass is 10.2. The van der Waals surface area contributed by atoms with E-state index in [4.69, 9.17) is 5.73 Å². The van der Waals surface area contributed by atoms with Crippen molar-refractivity contribution < 1.29 is 22.9 Å². The fourth-order valence-corrected chi connectivity index (χ4v) is 0.981. The van der Waals surface area contributed by atoms with Gasteiger partial charge in [0, 0.05) is 0 Å². The third-order valence-corrected chi connectivity index (χ3v) is 1.92. The highest BCUT2D eigenvalue weighted by atomic mass is 19.4. The minimum absolute atomic E-state index is 0.0930. The van der Waals surface area contributed by atoms with Gasteiger partial charge >= 0.3 is 11.9 Å². The van der Waals surface area contributed by atoms with Gasteiger partial charge < -0.3 is 11.1 Å². The Balaban J connectivity index is 4.62. The molecule has 108 valence electrons. The van der Waals surface area contributed by atoms with E-state index in [0.29, 0.717) is 6.20 Å². The molecule has 0 fully saturated rings. The number of allylic oxidation sites excluding steroid dienone is 1. The maximum Gasteiger partial charge on any atom is 0.405 e. The lowest BCUT2D eigenvalue weighted by Crippen LogP contribution is -2.39. The van der Waals surface area contributed by atoms with Gasteiger partial charge in [0.15, 0.2) is 0 Å². The molecule has 0 saturated heterocycles. The largest absolute Gasteiger partial charge is 0.405 e. The van der Waals surface area contributed by atoms with Gasteiger partial charge in [-0.3, -0.25) is 19.9 Å². The number of nitro groups is 1. The van der Waals surface area contributed by atoms with Crippen LogP contribution in [-0.4, -0.2) is 35.8 Å². The summed E-state index contributed by atoms with van der Waals surface area (Å²) in [5.74, 6) is -0.962. The zero-order valence-corrected chi connectivity index (χ0v) is 9.98. The molecular formula is C9H13F3N4O3. The van der Waals surface area contributed by atoms with Crippen LogP contribution < -0.4 is 11.1 Å². The zero-order chi connectivity index (χ0) is 15.1. The monoisotopic (exact) mass is 282 g/mol. The zero-order valence-electron chi connectivity index (χ0n) is 9.98. The molecule has 3 N–H and O–H groups in total. The second-order valence-corrected chi connectivity index (χ2v) is 3.38. The highest BCUT2D eigenvalue weighted by Gasteiger charge is 2.29. The number of rotatable bonds is 6. The number of nitrogens with zero attached hydrogens (tertiary/aromatic N) is 2. The van der Waals surface area contributed by atoms with Crippen LogP contribution in [0, 0.1) is 10.1 Å². The molecule has 0 saturated carbocycles. The summed E-state index contributed by atoms with van der Waals surface area (Å²) in [7, 11) is 0. The maximum atomic E-state index is 11.9. The summed E-state index contributed by atoms with van der Waals surface area (Å²) < 4.78 is 35.7. The van der Waals surface area contributed by atoms with E-state index in [1.807, 2.05) is 0 Å². The molecule has 7 nitrogen and oxygen atoms in total. The van der Waals surface area contributed by atoms with Crippen molar-refractivity contribution in [3.8, 4) is 0 Å². The molecular weight excluding hydrogens is 269 g/mol. The van der Waals surface area contributed by atoms with Crippen LogP contribution in [0.3, 0.4) is 0 Å². The molecule has 0 aromatic carbocycles. The molecule has 0 rings (SSSR count). The normalized spacial score (nSPS) is 14.4. The van der Waals surface area contributed by atoms with Crippen LogP contribution in [0.4, 0.5) is 13.2 Å². The molecule has 1 atom stereocenters. The van der Waals surface area contributed by atoms with Gasteiger partial charge in [-0.05, 0) is 6.42 Å². The predicted octanol–water partition coefficient (Wildman–Crippen LogP) is 0.591. The Morgan fingerprint density at radius 2 is 2.16 bits per heavy atom. The van der Waals surface area contributed by atoms with Gasteiger partial charge in [-0.1, -0.05) is 6.92 Å². The topological polar surface area (TPSA) is 111 Å². The number of nitrogens with one attached hydrogen (secondary N) is 1. The van der Waals surface area contributed by atoms with Crippen molar-refractivity contribution in [1.82, 2.24) is 5.32 Å². The van der Waals surface area contributed by atoms with Crippen molar-refractivity contribution in [3.63, 3.8) is 0 Å². The van der Waals surface area contributed by atoms with Gasteiger partial charge in [0.25, 0.3) is 0 Å². The number of hydrogen-bond donors (Lipinski definition) is 2. The van der Waals surface area contributed by atoms with E-state index in [9.17, 15) is 28.1 Å². The van der Waals surface area contributed by atoms with Gasteiger partial charge in [-0.25, -0.2) is 0 Å². The summed E-state index contributed by atoms with van der Waals surface area (Å²) in [6, 6.07) is -1.14. The van der Waals surface area contributed by atoms with E-state index in [1.54, 1.807) is 5.32 Å². The van der Waals surface area contributed by atoms with Crippen LogP contribution in [0.5, 0.6) is 0 Å². The molecule has 1 unspecified atom stereocenters. The number of alkyl halides is 3. The highest BCUT2D eigenvalue weighted by molar-refractivity contribution is 5.85. The molecule has 0 aliphatic heterocycles. The molecule has 0 radical (unpaired) electrons. The number of nitrogens with two attached hydrogens (primary N) is 1. The second-order valence-electron chi connectivity index (χ2n) is 3.38. The van der Waals surface area contributed by atoms with E-state index in [-0.39, 0.29) is 6.42 Å². The molecule has 1 amide bonds. The second kappa shape index (κ2) is 7.34. The van der Waals surface area contributed by atoms with Gasteiger partial charge in [0.2, 0.25) is 5.91 Å². The molecule has 19 heavy (non-hydrogen) atoms. The first kappa shape index (κ1) is 16.9. The molecule has 0 bridgehead atoms. The average Bonchev–Trinajstić information content (AvgIpc) is 2.30. The number of carbonyl (C=O) groups excluding carboxylic acids is 1.